The van der Waals surface area contributed by atoms with Gasteiger partial charge >= 0.3 is 0 Å². The van der Waals surface area contributed by atoms with E-state index in [0.29, 0.717) is 44.5 Å². The molecule has 4 amide bonds. The number of benzene rings is 4. The lowest BCUT2D eigenvalue weighted by molar-refractivity contribution is -0.136. The number of hydrogen-bond donors (Lipinski definition) is 3. The van der Waals surface area contributed by atoms with Crippen LogP contribution in [-0.2, 0) is 21.2 Å². The average Bonchev–Trinajstić information content (AvgIpc) is 3.91. The molecule has 17 nitrogen and oxygen atoms in total. The third-order valence-electron chi connectivity index (χ3n) is 13.9. The smallest absolute Gasteiger partial charge is 0.262 e. The van der Waals surface area contributed by atoms with Crippen molar-refractivity contribution in [2.45, 2.75) is 31.7 Å². The number of imide groups is 2. The van der Waals surface area contributed by atoms with Gasteiger partial charge in [-0.25, -0.2) is 9.37 Å². The summed E-state index contributed by atoms with van der Waals surface area (Å²) in [7, 11) is 0.384. The molecule has 4 aliphatic rings. The van der Waals surface area contributed by atoms with Gasteiger partial charge in [-0.1, -0.05) is 30.3 Å². The Hall–Kier alpha value is -6.95. The van der Waals surface area contributed by atoms with Crippen molar-refractivity contribution in [3.8, 4) is 28.0 Å². The summed E-state index contributed by atoms with van der Waals surface area (Å²) >= 11 is 3.56. The first-order chi connectivity index (χ1) is 34.6. The van der Waals surface area contributed by atoms with E-state index in [2.05, 4.69) is 56.7 Å². The molecule has 1 atom stereocenters. The monoisotopic (exact) mass is 1060 g/mol. The van der Waals surface area contributed by atoms with Crippen LogP contribution < -0.4 is 35.8 Å². The molecule has 1 unspecified atom stereocenters. The normalized spacial score (nSPS) is 17.9. The maximum atomic E-state index is 16.3. The van der Waals surface area contributed by atoms with Crippen LogP contribution in [0.1, 0.15) is 46.4 Å². The third kappa shape index (κ3) is 9.72. The number of hydrogen-bond acceptors (Lipinski definition) is 14. The van der Waals surface area contributed by atoms with E-state index in [9.17, 15) is 23.7 Å². The number of piperazine rings is 1. The van der Waals surface area contributed by atoms with E-state index in [0.717, 1.165) is 86.1 Å². The van der Waals surface area contributed by atoms with Crippen LogP contribution in [0.25, 0.3) is 22.3 Å². The highest BCUT2D eigenvalue weighted by Crippen LogP contribution is 2.44. The van der Waals surface area contributed by atoms with Crippen molar-refractivity contribution < 1.29 is 32.9 Å². The van der Waals surface area contributed by atoms with Crippen molar-refractivity contribution in [3.05, 3.63) is 113 Å². The van der Waals surface area contributed by atoms with Crippen LogP contribution >= 0.6 is 23.1 Å². The first kappa shape index (κ1) is 48.7. The van der Waals surface area contributed by atoms with Gasteiger partial charge in [-0.2, -0.15) is 10.1 Å². The van der Waals surface area contributed by atoms with Gasteiger partial charge in [0.05, 0.1) is 45.6 Å². The van der Waals surface area contributed by atoms with Crippen LogP contribution in [0.5, 0.6) is 5.75 Å². The zero-order valence-electron chi connectivity index (χ0n) is 40.3. The van der Waals surface area contributed by atoms with Gasteiger partial charge in [0, 0.05) is 106 Å². The van der Waals surface area contributed by atoms with Crippen LogP contribution in [0.2, 0.25) is 0 Å². The molecule has 0 aliphatic carbocycles. The molecule has 20 heteroatoms. The van der Waals surface area contributed by atoms with E-state index < -0.39 is 42.6 Å². The Morgan fingerprint density at radius 2 is 1.54 bits per heavy atom. The molecule has 3 saturated heterocycles. The van der Waals surface area contributed by atoms with Crippen LogP contribution in [0.4, 0.5) is 38.9 Å². The Morgan fingerprint density at radius 1 is 0.806 bits per heavy atom. The Labute approximate surface area is 424 Å². The van der Waals surface area contributed by atoms with Crippen molar-refractivity contribution in [2.75, 3.05) is 86.7 Å². The number of methoxy groups -OCH3 is 1. The van der Waals surface area contributed by atoms with E-state index >= 15 is 4.39 Å². The van der Waals surface area contributed by atoms with Gasteiger partial charge < -0.3 is 29.7 Å². The lowest BCUT2D eigenvalue weighted by atomic mass is 9.94. The van der Waals surface area contributed by atoms with Gasteiger partial charge in [0.15, 0.2) is 0 Å². The van der Waals surface area contributed by atoms with Crippen LogP contribution in [0.15, 0.2) is 95.9 Å². The number of carbonyl (C=O) groups is 4. The molecule has 72 heavy (non-hydrogen) atoms. The minimum absolute atomic E-state index is 0.0755. The molecule has 3 fully saturated rings. The number of aromatic nitrogens is 4. The fraction of sp³-hybridized carbons (Fsp3) is 0.327. The lowest BCUT2D eigenvalue weighted by Gasteiger charge is -2.40. The summed E-state index contributed by atoms with van der Waals surface area (Å²) in [5, 5.41) is 13.4. The number of ether oxygens (including phenoxy) is 1. The van der Waals surface area contributed by atoms with Gasteiger partial charge in [-0.05, 0) is 96.4 Å². The third-order valence-corrected chi connectivity index (χ3v) is 16.0. The number of rotatable bonds is 13. The standard InChI is InChI=1S/C52H54BrFN11O6P/c1-61-30-33(27-56-61)37-25-41(58-52-55-28-39(53)48(60-52)57-40-13-12-35(32-8-6-5-7-9-32)46(54)47(40)72(3,4)70)44(71-2)26-43(37)64-18-16-31(17-19-64)29-62-20-22-63(23-21-62)34-10-11-36-38(24-34)51(69)65(50(36)68)42-14-15-45(66)59-49(42)67/h5-13,24-28,30-31,42H,14-23,29H2,1-4H3,(H,59,66,67)(H2,55,57,58,60). The quantitative estimate of drug-likeness (QED) is 0.0757. The molecule has 0 spiro atoms. The molecular weight excluding hydrogens is 1000 g/mol. The van der Waals surface area contributed by atoms with Crippen LogP contribution in [0.3, 0.4) is 0 Å². The molecule has 6 heterocycles. The van der Waals surface area contributed by atoms with Gasteiger partial charge in [-0.15, -0.1) is 0 Å². The Kier molecular flexibility index (Phi) is 13.5. The van der Waals surface area contributed by atoms with E-state index in [1.54, 1.807) is 55.6 Å². The molecule has 0 saturated carbocycles. The topological polar surface area (TPSA) is 187 Å². The fourth-order valence-electron chi connectivity index (χ4n) is 10.3. The van der Waals surface area contributed by atoms with Gasteiger partial charge in [0.2, 0.25) is 17.8 Å². The first-order valence-electron chi connectivity index (χ1n) is 23.9. The van der Waals surface area contributed by atoms with E-state index in [1.807, 2.05) is 68.0 Å². The van der Waals surface area contributed by atoms with Crippen molar-refractivity contribution in [1.82, 2.24) is 34.9 Å². The summed E-state index contributed by atoms with van der Waals surface area (Å²) in [4.78, 5) is 68.5. The molecule has 4 aromatic carbocycles. The Morgan fingerprint density at radius 3 is 2.24 bits per heavy atom. The van der Waals surface area contributed by atoms with Crippen LogP contribution in [0, 0.1) is 11.7 Å². The van der Waals surface area contributed by atoms with Crippen LogP contribution in [-0.4, -0.2) is 125 Å². The summed E-state index contributed by atoms with van der Waals surface area (Å²) < 4.78 is 38.2. The minimum atomic E-state index is -3.13. The largest absolute Gasteiger partial charge is 0.494 e. The summed E-state index contributed by atoms with van der Waals surface area (Å²) in [6.07, 6.45) is 7.60. The average molecular weight is 1060 g/mol. The second kappa shape index (κ2) is 19.9. The molecule has 0 radical (unpaired) electrons. The second-order valence-electron chi connectivity index (χ2n) is 19.0. The zero-order chi connectivity index (χ0) is 50.4. The minimum Gasteiger partial charge on any atom is -0.494 e. The summed E-state index contributed by atoms with van der Waals surface area (Å²) in [5.74, 6) is -0.901. The molecule has 3 N–H and O–H groups in total. The highest BCUT2D eigenvalue weighted by atomic mass is 79.9. The van der Waals surface area contributed by atoms with E-state index in [4.69, 9.17) is 9.72 Å². The highest BCUT2D eigenvalue weighted by Gasteiger charge is 2.45. The van der Waals surface area contributed by atoms with Gasteiger partial charge in [-0.3, -0.25) is 39.0 Å². The van der Waals surface area contributed by atoms with Crippen molar-refractivity contribution in [3.63, 3.8) is 0 Å². The lowest BCUT2D eigenvalue weighted by Crippen LogP contribution is -2.54. The van der Waals surface area contributed by atoms with Crippen molar-refractivity contribution in [2.24, 2.45) is 13.0 Å². The summed E-state index contributed by atoms with van der Waals surface area (Å²) in [6, 6.07) is 21.0. The molecule has 6 aromatic rings. The molecule has 0 bridgehead atoms. The fourth-order valence-corrected chi connectivity index (χ4v) is 11.8. The molecular formula is C52H54BrFN11O6P. The van der Waals surface area contributed by atoms with Crippen molar-refractivity contribution >= 4 is 86.5 Å². The maximum Gasteiger partial charge on any atom is 0.262 e. The number of halogens is 2. The molecule has 2 aromatic heterocycles. The highest BCUT2D eigenvalue weighted by molar-refractivity contribution is 9.10. The number of nitrogens with zero attached hydrogens (tertiary/aromatic N) is 8. The number of carbonyl (C=O) groups excluding carboxylic acids is 4. The molecule has 10 rings (SSSR count). The Bertz CT molecular complexity index is 3170. The Balaban J connectivity index is 0.803. The predicted molar refractivity (Wildman–Crippen MR) is 279 cm³/mol. The van der Waals surface area contributed by atoms with Crippen molar-refractivity contribution in [1.29, 1.82) is 0 Å². The number of piperidine rings is 2. The van der Waals surface area contributed by atoms with E-state index in [1.165, 1.54) is 0 Å². The number of fused-ring (bicyclic) bond motifs is 1. The second-order valence-corrected chi connectivity index (χ2v) is 23.1. The van der Waals surface area contributed by atoms with Gasteiger partial charge in [0.25, 0.3) is 11.8 Å². The summed E-state index contributed by atoms with van der Waals surface area (Å²) in [6.45, 7) is 8.98. The summed E-state index contributed by atoms with van der Waals surface area (Å²) in [5.41, 5.74) is 6.34. The predicted octanol–water partition coefficient (Wildman–Crippen LogP) is 7.63. The number of aryl methyl sites for hydroxylation is 1. The number of amides is 4. The maximum absolute atomic E-state index is 16.3. The number of nitrogens with one attached hydrogen (secondary N) is 3. The van der Waals surface area contributed by atoms with E-state index in [-0.39, 0.29) is 35.2 Å². The first-order valence-corrected chi connectivity index (χ1v) is 27.3. The molecule has 4 aliphatic heterocycles. The zero-order valence-corrected chi connectivity index (χ0v) is 42.8. The number of anilines is 6. The van der Waals surface area contributed by atoms with Gasteiger partial charge in [0.1, 0.15) is 30.6 Å². The molecule has 372 valence electrons. The SMILES string of the molecule is COc1cc(N2CCC(CN3CCN(c4ccc5c(c4)C(=O)N(C4CCC(=O)NC4=O)C5=O)CC3)CC2)c(-c2cnn(C)c2)cc1Nc1ncc(Br)c(Nc2ccc(-c3ccccc3)c(F)c2P(C)(C)=O)n1.